The van der Waals surface area contributed by atoms with Crippen molar-refractivity contribution in [2.45, 2.75) is 44.9 Å². The van der Waals surface area contributed by atoms with E-state index in [0.717, 1.165) is 30.0 Å². The number of thioether (sulfide) groups is 1. The maximum atomic E-state index is 9.36. The molecule has 0 aliphatic carbocycles. The smallest absolute Gasteiger partial charge is 0.148 e. The molecule has 20 heavy (non-hydrogen) atoms. The summed E-state index contributed by atoms with van der Waals surface area (Å²) in [4.78, 5) is 8.94. The number of hydrazine groups is 1. The van der Waals surface area contributed by atoms with Gasteiger partial charge in [-0.05, 0) is 26.5 Å². The van der Waals surface area contributed by atoms with Crippen molar-refractivity contribution in [1.29, 1.82) is 0 Å². The molecule has 1 aromatic heterocycles. The van der Waals surface area contributed by atoms with E-state index in [-0.39, 0.29) is 17.9 Å². The van der Waals surface area contributed by atoms with E-state index in [2.05, 4.69) is 27.6 Å². The Morgan fingerprint density at radius 3 is 2.50 bits per heavy atom. The summed E-state index contributed by atoms with van der Waals surface area (Å²) >= 11 is 1.63. The lowest BCUT2D eigenvalue weighted by atomic mass is 10.2. The Balaban J connectivity index is 3.00. The molecule has 0 spiro atoms. The van der Waals surface area contributed by atoms with Gasteiger partial charge in [0.1, 0.15) is 17.5 Å². The summed E-state index contributed by atoms with van der Waals surface area (Å²) in [6.45, 7) is 6.17. The van der Waals surface area contributed by atoms with Crippen LogP contribution < -0.4 is 16.6 Å². The number of nitrogens with one attached hydrogen (secondary N) is 2. The second-order valence-electron chi connectivity index (χ2n) is 4.75. The standard InChI is InChI=1S/C13H25N5OS/c1-5-6-11-16-12(8(2)13(17-11)18-14)15-9(3)10(7-19)20-4/h9-10,19H,5-7,14H2,1-4H3,(H2,15,16,17,18). The average molecular weight is 299 g/mol. The molecule has 6 nitrogen and oxygen atoms in total. The zero-order chi connectivity index (χ0) is 15.1. The molecule has 0 radical (unpaired) electrons. The van der Waals surface area contributed by atoms with E-state index in [0.29, 0.717) is 5.82 Å². The van der Waals surface area contributed by atoms with Crippen molar-refractivity contribution in [2.24, 2.45) is 5.84 Å². The minimum atomic E-state index is 0.101. The van der Waals surface area contributed by atoms with Crippen LogP contribution in [-0.4, -0.2) is 39.2 Å². The fraction of sp³-hybridized carbons (Fsp3) is 0.692. The van der Waals surface area contributed by atoms with Crippen LogP contribution in [0.5, 0.6) is 0 Å². The molecule has 0 aromatic carbocycles. The van der Waals surface area contributed by atoms with Crippen molar-refractivity contribution >= 4 is 23.4 Å². The van der Waals surface area contributed by atoms with Crippen LogP contribution in [0.1, 0.15) is 31.7 Å². The molecule has 0 amide bonds. The van der Waals surface area contributed by atoms with Crippen LogP contribution >= 0.6 is 11.8 Å². The zero-order valence-electron chi connectivity index (χ0n) is 12.6. The van der Waals surface area contributed by atoms with Crippen molar-refractivity contribution in [3.8, 4) is 0 Å². The highest BCUT2D eigenvalue weighted by atomic mass is 32.2. The highest BCUT2D eigenvalue weighted by molar-refractivity contribution is 7.99. The van der Waals surface area contributed by atoms with Crippen molar-refractivity contribution in [2.75, 3.05) is 23.6 Å². The fourth-order valence-corrected chi connectivity index (χ4v) is 2.55. The minimum Gasteiger partial charge on any atom is -0.395 e. The lowest BCUT2D eigenvalue weighted by molar-refractivity contribution is 0.288. The summed E-state index contributed by atoms with van der Waals surface area (Å²) in [5.41, 5.74) is 3.51. The van der Waals surface area contributed by atoms with Crippen molar-refractivity contribution in [3.63, 3.8) is 0 Å². The van der Waals surface area contributed by atoms with E-state index in [1.807, 2.05) is 20.1 Å². The molecule has 7 heteroatoms. The summed E-state index contributed by atoms with van der Waals surface area (Å²) in [5.74, 6) is 7.70. The fourth-order valence-electron chi connectivity index (χ4n) is 1.92. The summed E-state index contributed by atoms with van der Waals surface area (Å²) in [6, 6.07) is 0.101. The number of aliphatic hydroxyl groups excluding tert-OH is 1. The van der Waals surface area contributed by atoms with Gasteiger partial charge >= 0.3 is 0 Å². The Labute approximate surface area is 124 Å². The first-order chi connectivity index (χ1) is 9.57. The van der Waals surface area contributed by atoms with Gasteiger partial charge in [-0.2, -0.15) is 11.8 Å². The van der Waals surface area contributed by atoms with Crippen LogP contribution in [0.25, 0.3) is 0 Å². The van der Waals surface area contributed by atoms with Crippen LogP contribution in [0.4, 0.5) is 11.6 Å². The lowest BCUT2D eigenvalue weighted by Gasteiger charge is -2.23. The Bertz CT molecular complexity index is 425. The lowest BCUT2D eigenvalue weighted by Crippen LogP contribution is -2.32. The molecule has 2 unspecified atom stereocenters. The molecule has 114 valence electrons. The second-order valence-corrected chi connectivity index (χ2v) is 5.82. The summed E-state index contributed by atoms with van der Waals surface area (Å²) in [6.07, 6.45) is 3.78. The Kier molecular flexibility index (Phi) is 7.04. The number of nitrogens with two attached hydrogens (primary N) is 1. The van der Waals surface area contributed by atoms with Crippen LogP contribution in [-0.2, 0) is 6.42 Å². The van der Waals surface area contributed by atoms with Crippen LogP contribution in [0, 0.1) is 6.92 Å². The molecule has 1 heterocycles. The Morgan fingerprint density at radius 1 is 1.35 bits per heavy atom. The van der Waals surface area contributed by atoms with Gasteiger partial charge in [0.25, 0.3) is 0 Å². The van der Waals surface area contributed by atoms with Gasteiger partial charge in [0, 0.05) is 23.3 Å². The molecule has 1 aromatic rings. The Hall–Kier alpha value is -1.05. The minimum absolute atomic E-state index is 0.101. The highest BCUT2D eigenvalue weighted by Crippen LogP contribution is 2.22. The van der Waals surface area contributed by atoms with E-state index < -0.39 is 0 Å². The number of aliphatic hydroxyl groups is 1. The first-order valence-corrected chi connectivity index (χ1v) is 8.10. The number of hydrogen-bond acceptors (Lipinski definition) is 7. The third-order valence-corrected chi connectivity index (χ3v) is 4.37. The van der Waals surface area contributed by atoms with Gasteiger partial charge in [0.05, 0.1) is 6.61 Å². The normalized spacial score (nSPS) is 13.9. The molecule has 0 fully saturated rings. The van der Waals surface area contributed by atoms with Gasteiger partial charge in [-0.3, -0.25) is 0 Å². The van der Waals surface area contributed by atoms with Gasteiger partial charge in [-0.1, -0.05) is 6.92 Å². The van der Waals surface area contributed by atoms with Gasteiger partial charge in [0.2, 0.25) is 0 Å². The maximum Gasteiger partial charge on any atom is 0.148 e. The van der Waals surface area contributed by atoms with Crippen molar-refractivity contribution < 1.29 is 5.11 Å². The van der Waals surface area contributed by atoms with Crippen molar-refractivity contribution in [3.05, 3.63) is 11.4 Å². The number of hydrogen-bond donors (Lipinski definition) is 4. The predicted molar refractivity (Wildman–Crippen MR) is 86.0 cm³/mol. The third-order valence-electron chi connectivity index (χ3n) is 3.21. The number of aryl methyl sites for hydroxylation is 1. The molecular formula is C13H25N5OS. The largest absolute Gasteiger partial charge is 0.395 e. The van der Waals surface area contributed by atoms with E-state index >= 15 is 0 Å². The number of rotatable bonds is 8. The monoisotopic (exact) mass is 299 g/mol. The molecule has 1 rings (SSSR count). The molecule has 5 N–H and O–H groups in total. The van der Waals surface area contributed by atoms with Gasteiger partial charge in [0.15, 0.2) is 0 Å². The summed E-state index contributed by atoms with van der Waals surface area (Å²) in [5, 5.41) is 12.8. The number of anilines is 2. The van der Waals surface area contributed by atoms with E-state index in [9.17, 15) is 5.11 Å². The SMILES string of the molecule is CCCc1nc(NN)c(C)c(NC(C)C(CO)SC)n1. The molecule has 0 aliphatic heterocycles. The quantitative estimate of drug-likeness (QED) is 0.427. The topological polar surface area (TPSA) is 96.1 Å². The zero-order valence-corrected chi connectivity index (χ0v) is 13.4. The van der Waals surface area contributed by atoms with Crippen LogP contribution in [0.15, 0.2) is 0 Å². The third kappa shape index (κ3) is 4.22. The molecule has 0 bridgehead atoms. The van der Waals surface area contributed by atoms with Crippen LogP contribution in [0.2, 0.25) is 0 Å². The summed E-state index contributed by atoms with van der Waals surface area (Å²) in [7, 11) is 0. The number of nitrogens with zero attached hydrogens (tertiary/aromatic N) is 2. The molecule has 0 saturated carbocycles. The van der Waals surface area contributed by atoms with Gasteiger partial charge < -0.3 is 15.8 Å². The first kappa shape index (κ1) is 17.0. The molecule has 0 saturated heterocycles. The highest BCUT2D eigenvalue weighted by Gasteiger charge is 2.18. The predicted octanol–water partition coefficient (Wildman–Crippen LogP) is 1.55. The second kappa shape index (κ2) is 8.28. The van der Waals surface area contributed by atoms with E-state index in [4.69, 9.17) is 5.84 Å². The first-order valence-electron chi connectivity index (χ1n) is 6.81. The van der Waals surface area contributed by atoms with Gasteiger partial charge in [-0.15, -0.1) is 0 Å². The van der Waals surface area contributed by atoms with Crippen LogP contribution in [0.3, 0.4) is 0 Å². The van der Waals surface area contributed by atoms with Gasteiger partial charge in [-0.25, -0.2) is 15.8 Å². The molecule has 2 atom stereocenters. The average Bonchev–Trinajstić information content (AvgIpc) is 2.43. The van der Waals surface area contributed by atoms with Crippen molar-refractivity contribution in [1.82, 2.24) is 9.97 Å². The Morgan fingerprint density at radius 2 is 2.00 bits per heavy atom. The maximum absolute atomic E-state index is 9.36. The van der Waals surface area contributed by atoms with E-state index in [1.165, 1.54) is 0 Å². The number of nitrogen functional groups attached to an aromatic ring is 1. The molecular weight excluding hydrogens is 274 g/mol. The number of aromatic nitrogens is 2. The molecule has 0 aliphatic rings. The summed E-state index contributed by atoms with van der Waals surface area (Å²) < 4.78 is 0. The van der Waals surface area contributed by atoms with E-state index in [1.54, 1.807) is 11.8 Å².